The Morgan fingerprint density at radius 3 is 2.44 bits per heavy atom. The van der Waals surface area contributed by atoms with E-state index in [1.54, 1.807) is 18.2 Å². The molecule has 0 spiro atoms. The highest BCUT2D eigenvalue weighted by atomic mass is 16.5. The van der Waals surface area contributed by atoms with Crippen molar-refractivity contribution in [2.24, 2.45) is 0 Å². The second-order valence-electron chi connectivity index (χ2n) is 5.51. The van der Waals surface area contributed by atoms with Crippen LogP contribution < -0.4 is 10.1 Å². The summed E-state index contributed by atoms with van der Waals surface area (Å²) >= 11 is 0. The van der Waals surface area contributed by atoms with Gasteiger partial charge in [0.1, 0.15) is 5.75 Å². The zero-order chi connectivity index (χ0) is 18.1. The zero-order valence-corrected chi connectivity index (χ0v) is 13.5. The van der Waals surface area contributed by atoms with Crippen LogP contribution in [0.3, 0.4) is 0 Å². The number of imide groups is 1. The molecule has 25 heavy (non-hydrogen) atoms. The van der Waals surface area contributed by atoms with Crippen LogP contribution in [-0.4, -0.2) is 35.6 Å². The monoisotopic (exact) mass is 338 g/mol. The number of hydrogen-bond donors (Lipinski definition) is 1. The van der Waals surface area contributed by atoms with E-state index in [9.17, 15) is 19.2 Å². The SMILES string of the molecule is CC(=O)Oc1cccc(NC(=O)c2ccc3c(c2)C(=O)N(C)C3=O)c1. The normalized spacial score (nSPS) is 12.8. The fourth-order valence-electron chi connectivity index (χ4n) is 2.51. The van der Waals surface area contributed by atoms with Gasteiger partial charge in [-0.1, -0.05) is 6.07 Å². The molecule has 0 saturated carbocycles. The van der Waals surface area contributed by atoms with Crippen molar-refractivity contribution < 1.29 is 23.9 Å². The van der Waals surface area contributed by atoms with Crippen LogP contribution in [0.2, 0.25) is 0 Å². The highest BCUT2D eigenvalue weighted by molar-refractivity contribution is 6.22. The number of nitrogens with one attached hydrogen (secondary N) is 1. The van der Waals surface area contributed by atoms with E-state index >= 15 is 0 Å². The number of rotatable bonds is 3. The molecule has 2 aromatic carbocycles. The summed E-state index contributed by atoms with van der Waals surface area (Å²) in [6.45, 7) is 1.28. The van der Waals surface area contributed by atoms with Gasteiger partial charge in [-0.15, -0.1) is 0 Å². The van der Waals surface area contributed by atoms with Crippen LogP contribution in [0.25, 0.3) is 0 Å². The summed E-state index contributed by atoms with van der Waals surface area (Å²) in [7, 11) is 1.39. The van der Waals surface area contributed by atoms with Crippen molar-refractivity contribution in [3.05, 3.63) is 59.2 Å². The first-order chi connectivity index (χ1) is 11.9. The van der Waals surface area contributed by atoms with Crippen LogP contribution in [0.1, 0.15) is 38.0 Å². The summed E-state index contributed by atoms with van der Waals surface area (Å²) in [5.74, 6) is -1.43. The Kier molecular flexibility index (Phi) is 4.06. The minimum absolute atomic E-state index is 0.203. The van der Waals surface area contributed by atoms with E-state index in [1.165, 1.54) is 38.2 Å². The molecule has 1 N–H and O–H groups in total. The summed E-state index contributed by atoms with van der Waals surface area (Å²) in [4.78, 5) is 48.3. The van der Waals surface area contributed by atoms with Gasteiger partial charge in [0, 0.05) is 31.3 Å². The maximum Gasteiger partial charge on any atom is 0.308 e. The summed E-state index contributed by atoms with van der Waals surface area (Å²) in [5.41, 5.74) is 1.16. The van der Waals surface area contributed by atoms with Crippen molar-refractivity contribution in [1.29, 1.82) is 0 Å². The lowest BCUT2D eigenvalue weighted by Crippen LogP contribution is -2.24. The van der Waals surface area contributed by atoms with E-state index in [0.29, 0.717) is 11.4 Å². The molecule has 126 valence electrons. The Balaban J connectivity index is 1.82. The van der Waals surface area contributed by atoms with Crippen LogP contribution in [0.5, 0.6) is 5.75 Å². The molecule has 1 aliphatic rings. The number of ether oxygens (including phenoxy) is 1. The van der Waals surface area contributed by atoms with E-state index in [1.807, 2.05) is 0 Å². The molecular formula is C18H14N2O5. The molecule has 0 unspecified atom stereocenters. The number of nitrogens with zero attached hydrogens (tertiary/aromatic N) is 1. The second kappa shape index (κ2) is 6.20. The van der Waals surface area contributed by atoms with Gasteiger partial charge in [0.25, 0.3) is 17.7 Å². The molecule has 0 saturated heterocycles. The summed E-state index contributed by atoms with van der Waals surface area (Å²) in [5, 5.41) is 2.66. The Morgan fingerprint density at radius 2 is 1.72 bits per heavy atom. The van der Waals surface area contributed by atoms with E-state index < -0.39 is 17.8 Å². The van der Waals surface area contributed by atoms with Crippen molar-refractivity contribution in [2.45, 2.75) is 6.92 Å². The first-order valence-corrected chi connectivity index (χ1v) is 7.43. The lowest BCUT2D eigenvalue weighted by atomic mass is 10.1. The Labute approximate surface area is 143 Å². The largest absolute Gasteiger partial charge is 0.427 e. The van der Waals surface area contributed by atoms with Gasteiger partial charge in [0.05, 0.1) is 11.1 Å². The van der Waals surface area contributed by atoms with E-state index in [2.05, 4.69) is 5.32 Å². The van der Waals surface area contributed by atoms with Crippen LogP contribution in [0, 0.1) is 0 Å². The minimum Gasteiger partial charge on any atom is -0.427 e. The Hall–Kier alpha value is -3.48. The van der Waals surface area contributed by atoms with Gasteiger partial charge >= 0.3 is 5.97 Å². The number of carbonyl (C=O) groups is 4. The fraction of sp³-hybridized carbons (Fsp3) is 0.111. The average Bonchev–Trinajstić information content (AvgIpc) is 2.79. The van der Waals surface area contributed by atoms with Crippen LogP contribution in [-0.2, 0) is 4.79 Å². The van der Waals surface area contributed by atoms with Crippen LogP contribution in [0.15, 0.2) is 42.5 Å². The highest BCUT2D eigenvalue weighted by Crippen LogP contribution is 2.24. The average molecular weight is 338 g/mol. The summed E-state index contributed by atoms with van der Waals surface area (Å²) in [6.07, 6.45) is 0. The Morgan fingerprint density at radius 1 is 1.00 bits per heavy atom. The minimum atomic E-state index is -0.464. The number of amides is 3. The lowest BCUT2D eigenvalue weighted by Gasteiger charge is -2.08. The van der Waals surface area contributed by atoms with Crippen molar-refractivity contribution in [3.8, 4) is 5.75 Å². The van der Waals surface area contributed by atoms with E-state index in [-0.39, 0.29) is 22.6 Å². The van der Waals surface area contributed by atoms with Gasteiger partial charge in [0.15, 0.2) is 0 Å². The number of anilines is 1. The third-order valence-corrected chi connectivity index (χ3v) is 3.71. The topological polar surface area (TPSA) is 92.8 Å². The number of esters is 1. The van der Waals surface area contributed by atoms with Gasteiger partial charge in [-0.05, 0) is 30.3 Å². The highest BCUT2D eigenvalue weighted by Gasteiger charge is 2.33. The quantitative estimate of drug-likeness (QED) is 0.525. The third-order valence-electron chi connectivity index (χ3n) is 3.71. The third kappa shape index (κ3) is 3.12. The summed E-state index contributed by atoms with van der Waals surface area (Å²) in [6, 6.07) is 10.7. The van der Waals surface area contributed by atoms with Crippen molar-refractivity contribution in [1.82, 2.24) is 4.90 Å². The molecule has 3 amide bonds. The molecule has 7 heteroatoms. The van der Waals surface area contributed by atoms with Gasteiger partial charge in [0.2, 0.25) is 0 Å². The molecule has 2 aromatic rings. The van der Waals surface area contributed by atoms with Crippen LogP contribution in [0.4, 0.5) is 5.69 Å². The molecule has 1 aliphatic heterocycles. The smallest absolute Gasteiger partial charge is 0.308 e. The van der Waals surface area contributed by atoms with Gasteiger partial charge < -0.3 is 10.1 Å². The molecule has 0 atom stereocenters. The molecule has 0 radical (unpaired) electrons. The number of fused-ring (bicyclic) bond motifs is 1. The van der Waals surface area contributed by atoms with Crippen molar-refractivity contribution >= 4 is 29.4 Å². The van der Waals surface area contributed by atoms with Gasteiger partial charge in [-0.2, -0.15) is 0 Å². The number of benzene rings is 2. The molecule has 0 bridgehead atoms. The summed E-state index contributed by atoms with van der Waals surface area (Å²) < 4.78 is 4.96. The zero-order valence-electron chi connectivity index (χ0n) is 13.5. The number of hydrogen-bond acceptors (Lipinski definition) is 5. The number of carbonyl (C=O) groups excluding carboxylic acids is 4. The molecule has 0 fully saturated rings. The maximum atomic E-state index is 12.4. The van der Waals surface area contributed by atoms with Crippen molar-refractivity contribution in [2.75, 3.05) is 12.4 Å². The molecule has 1 heterocycles. The molecule has 0 aromatic heterocycles. The lowest BCUT2D eigenvalue weighted by molar-refractivity contribution is -0.131. The van der Waals surface area contributed by atoms with Gasteiger partial charge in [-0.25, -0.2) is 0 Å². The standard InChI is InChI=1S/C18H14N2O5/c1-10(21)25-13-5-3-4-12(9-13)19-16(22)11-6-7-14-15(8-11)18(24)20(2)17(14)23/h3-9H,1-2H3,(H,19,22). The predicted octanol–water partition coefficient (Wildman–Crippen LogP) is 2.09. The molecule has 0 aliphatic carbocycles. The molecular weight excluding hydrogens is 324 g/mol. The Bertz CT molecular complexity index is 919. The molecule has 7 nitrogen and oxygen atoms in total. The van der Waals surface area contributed by atoms with Gasteiger partial charge in [-0.3, -0.25) is 24.1 Å². The van der Waals surface area contributed by atoms with Crippen LogP contribution >= 0.6 is 0 Å². The second-order valence-corrected chi connectivity index (χ2v) is 5.51. The predicted molar refractivity (Wildman–Crippen MR) is 88.6 cm³/mol. The molecule has 3 rings (SSSR count). The first kappa shape index (κ1) is 16.4. The fourth-order valence-corrected chi connectivity index (χ4v) is 2.51. The van der Waals surface area contributed by atoms with E-state index in [4.69, 9.17) is 4.74 Å². The van der Waals surface area contributed by atoms with Crippen molar-refractivity contribution in [3.63, 3.8) is 0 Å². The van der Waals surface area contributed by atoms with E-state index in [0.717, 1.165) is 4.90 Å². The maximum absolute atomic E-state index is 12.4. The first-order valence-electron chi connectivity index (χ1n) is 7.43.